The Hall–Kier alpha value is -2.63. The van der Waals surface area contributed by atoms with Crippen molar-refractivity contribution >= 4 is 22.8 Å². The molecule has 0 aliphatic carbocycles. The van der Waals surface area contributed by atoms with Gasteiger partial charge in [-0.05, 0) is 24.3 Å². The van der Waals surface area contributed by atoms with E-state index in [1.165, 1.54) is 19.4 Å². The molecule has 6 heteroatoms. The number of pyridine rings is 1. The number of rotatable bonds is 2. The quantitative estimate of drug-likeness (QED) is 0.860. The minimum atomic E-state index is -0.962. The maximum atomic E-state index is 10.9. The predicted molar refractivity (Wildman–Crippen MR) is 68.6 cm³/mol. The van der Waals surface area contributed by atoms with Gasteiger partial charge in [0, 0.05) is 18.5 Å². The molecule has 0 saturated heterocycles. The lowest BCUT2D eigenvalue weighted by atomic mass is 10.1. The topological polar surface area (TPSA) is 96.7 Å². The van der Waals surface area contributed by atoms with Crippen molar-refractivity contribution < 1.29 is 24.5 Å². The summed E-state index contributed by atoms with van der Waals surface area (Å²) in [6.45, 7) is 1.08. The van der Waals surface area contributed by atoms with E-state index in [0.29, 0.717) is 16.7 Å². The molecule has 0 atom stereocenters. The number of ether oxygens (including phenoxy) is 1. The Kier molecular flexibility index (Phi) is 4.82. The SMILES string of the molecule is CC(=O)O.COc1ccc2nccc(C(=O)O)c2c1. The van der Waals surface area contributed by atoms with E-state index in [9.17, 15) is 4.79 Å². The van der Waals surface area contributed by atoms with Crippen LogP contribution in [0.15, 0.2) is 30.5 Å². The van der Waals surface area contributed by atoms with Crippen molar-refractivity contribution in [3.63, 3.8) is 0 Å². The molecule has 2 aromatic rings. The van der Waals surface area contributed by atoms with E-state index in [1.54, 1.807) is 18.2 Å². The summed E-state index contributed by atoms with van der Waals surface area (Å²) in [5.74, 6) is -1.17. The highest BCUT2D eigenvalue weighted by Gasteiger charge is 2.09. The fraction of sp³-hybridized carbons (Fsp3) is 0.154. The van der Waals surface area contributed by atoms with E-state index in [2.05, 4.69) is 4.98 Å². The van der Waals surface area contributed by atoms with Crippen molar-refractivity contribution in [2.45, 2.75) is 6.92 Å². The van der Waals surface area contributed by atoms with Gasteiger partial charge in [-0.15, -0.1) is 0 Å². The summed E-state index contributed by atoms with van der Waals surface area (Å²) in [5, 5.41) is 17.0. The molecular formula is C13H13NO5. The second kappa shape index (κ2) is 6.34. The third kappa shape index (κ3) is 3.95. The summed E-state index contributed by atoms with van der Waals surface area (Å²) in [6.07, 6.45) is 1.48. The first-order chi connectivity index (χ1) is 8.95. The van der Waals surface area contributed by atoms with Crippen molar-refractivity contribution in [1.82, 2.24) is 4.98 Å². The zero-order valence-electron chi connectivity index (χ0n) is 10.5. The van der Waals surface area contributed by atoms with Crippen LogP contribution in [0.4, 0.5) is 0 Å². The summed E-state index contributed by atoms with van der Waals surface area (Å²) in [4.78, 5) is 24.0. The van der Waals surface area contributed by atoms with Gasteiger partial charge in [0.2, 0.25) is 0 Å². The average molecular weight is 263 g/mol. The summed E-state index contributed by atoms with van der Waals surface area (Å²) >= 11 is 0. The number of aromatic carboxylic acids is 1. The molecule has 1 aromatic carbocycles. The fourth-order valence-electron chi connectivity index (χ4n) is 1.44. The predicted octanol–water partition coefficient (Wildman–Crippen LogP) is 2.03. The number of aromatic nitrogens is 1. The van der Waals surface area contributed by atoms with E-state index < -0.39 is 11.9 Å². The van der Waals surface area contributed by atoms with Crippen LogP contribution in [0.1, 0.15) is 17.3 Å². The number of methoxy groups -OCH3 is 1. The van der Waals surface area contributed by atoms with E-state index in [1.807, 2.05) is 0 Å². The number of fused-ring (bicyclic) bond motifs is 1. The highest BCUT2D eigenvalue weighted by molar-refractivity contribution is 6.02. The number of hydrogen-bond acceptors (Lipinski definition) is 4. The van der Waals surface area contributed by atoms with E-state index in [0.717, 1.165) is 6.92 Å². The van der Waals surface area contributed by atoms with Crippen molar-refractivity contribution in [2.24, 2.45) is 0 Å². The van der Waals surface area contributed by atoms with Crippen LogP contribution in [0, 0.1) is 0 Å². The maximum absolute atomic E-state index is 10.9. The van der Waals surface area contributed by atoms with Gasteiger partial charge in [-0.3, -0.25) is 9.78 Å². The Morgan fingerprint density at radius 2 is 1.84 bits per heavy atom. The number of carboxylic acids is 2. The average Bonchev–Trinajstić information content (AvgIpc) is 2.36. The highest BCUT2D eigenvalue weighted by atomic mass is 16.5. The molecule has 6 nitrogen and oxygen atoms in total. The molecule has 100 valence electrons. The summed E-state index contributed by atoms with van der Waals surface area (Å²) in [5.41, 5.74) is 0.884. The minimum absolute atomic E-state index is 0.235. The van der Waals surface area contributed by atoms with Gasteiger partial charge in [-0.25, -0.2) is 4.79 Å². The van der Waals surface area contributed by atoms with Gasteiger partial charge in [0.1, 0.15) is 5.75 Å². The van der Waals surface area contributed by atoms with Crippen molar-refractivity contribution in [2.75, 3.05) is 7.11 Å². The normalized spacial score (nSPS) is 9.37. The molecule has 19 heavy (non-hydrogen) atoms. The molecule has 0 saturated carbocycles. The fourth-order valence-corrected chi connectivity index (χ4v) is 1.44. The number of carbonyl (C=O) groups is 2. The van der Waals surface area contributed by atoms with Gasteiger partial charge < -0.3 is 14.9 Å². The Labute approximate surface area is 109 Å². The molecule has 0 aliphatic rings. The lowest BCUT2D eigenvalue weighted by Crippen LogP contribution is -1.98. The standard InChI is InChI=1S/C11H9NO3.C2H4O2/c1-15-7-2-3-10-9(6-7)8(11(13)14)4-5-12-10;1-2(3)4/h2-6H,1H3,(H,13,14);1H3,(H,3,4). The first-order valence-electron chi connectivity index (χ1n) is 5.31. The van der Waals surface area contributed by atoms with Gasteiger partial charge in [-0.1, -0.05) is 0 Å². The Morgan fingerprint density at radius 1 is 1.21 bits per heavy atom. The van der Waals surface area contributed by atoms with E-state index >= 15 is 0 Å². The minimum Gasteiger partial charge on any atom is -0.497 e. The molecule has 0 fully saturated rings. The molecule has 0 aliphatic heterocycles. The second-order valence-electron chi connectivity index (χ2n) is 3.57. The molecule has 2 N–H and O–H groups in total. The van der Waals surface area contributed by atoms with Crippen molar-refractivity contribution in [3.8, 4) is 5.75 Å². The zero-order chi connectivity index (χ0) is 14.4. The number of benzene rings is 1. The molecule has 1 aromatic heterocycles. The third-order valence-electron chi connectivity index (χ3n) is 2.18. The Balaban J connectivity index is 0.000000399. The monoisotopic (exact) mass is 263 g/mol. The van der Waals surface area contributed by atoms with Crippen molar-refractivity contribution in [3.05, 3.63) is 36.0 Å². The van der Waals surface area contributed by atoms with Crippen LogP contribution in [-0.4, -0.2) is 34.2 Å². The number of nitrogens with zero attached hydrogens (tertiary/aromatic N) is 1. The van der Waals surface area contributed by atoms with Crippen LogP contribution in [-0.2, 0) is 4.79 Å². The van der Waals surface area contributed by atoms with Crippen LogP contribution in [0.3, 0.4) is 0 Å². The largest absolute Gasteiger partial charge is 0.497 e. The van der Waals surface area contributed by atoms with E-state index in [4.69, 9.17) is 19.7 Å². The van der Waals surface area contributed by atoms with Crippen LogP contribution in [0.25, 0.3) is 10.9 Å². The molecule has 0 radical (unpaired) electrons. The second-order valence-corrected chi connectivity index (χ2v) is 3.57. The first-order valence-corrected chi connectivity index (χ1v) is 5.31. The number of hydrogen-bond donors (Lipinski definition) is 2. The summed E-state index contributed by atoms with van der Waals surface area (Å²) in [7, 11) is 1.54. The zero-order valence-corrected chi connectivity index (χ0v) is 10.5. The molecular weight excluding hydrogens is 250 g/mol. The molecule has 0 unspecified atom stereocenters. The third-order valence-corrected chi connectivity index (χ3v) is 2.18. The summed E-state index contributed by atoms with van der Waals surface area (Å²) in [6, 6.07) is 6.64. The molecule has 0 amide bonds. The maximum Gasteiger partial charge on any atom is 0.336 e. The van der Waals surface area contributed by atoms with Gasteiger partial charge in [0.05, 0.1) is 18.2 Å². The molecule has 0 spiro atoms. The van der Waals surface area contributed by atoms with Gasteiger partial charge in [0.25, 0.3) is 5.97 Å². The van der Waals surface area contributed by atoms with Crippen LogP contribution >= 0.6 is 0 Å². The lowest BCUT2D eigenvalue weighted by Gasteiger charge is -2.04. The Bertz CT molecular complexity index is 605. The first kappa shape index (κ1) is 14.4. The van der Waals surface area contributed by atoms with Gasteiger partial charge in [0.15, 0.2) is 0 Å². The number of aliphatic carboxylic acids is 1. The van der Waals surface area contributed by atoms with Gasteiger partial charge in [-0.2, -0.15) is 0 Å². The van der Waals surface area contributed by atoms with Crippen LogP contribution in [0.2, 0.25) is 0 Å². The van der Waals surface area contributed by atoms with Crippen LogP contribution < -0.4 is 4.74 Å². The molecule has 1 heterocycles. The molecule has 0 bridgehead atoms. The Morgan fingerprint density at radius 3 is 2.37 bits per heavy atom. The van der Waals surface area contributed by atoms with Gasteiger partial charge >= 0.3 is 5.97 Å². The van der Waals surface area contributed by atoms with Crippen LogP contribution in [0.5, 0.6) is 5.75 Å². The van der Waals surface area contributed by atoms with E-state index in [-0.39, 0.29) is 5.56 Å². The smallest absolute Gasteiger partial charge is 0.336 e. The summed E-state index contributed by atoms with van der Waals surface area (Å²) < 4.78 is 5.04. The highest BCUT2D eigenvalue weighted by Crippen LogP contribution is 2.22. The number of carboxylic acid groups (broad SMARTS) is 2. The van der Waals surface area contributed by atoms with Crippen molar-refractivity contribution in [1.29, 1.82) is 0 Å². The molecule has 2 rings (SSSR count). The lowest BCUT2D eigenvalue weighted by molar-refractivity contribution is -0.134.